The molecule has 0 radical (unpaired) electrons. The molecule has 3 aromatic rings. The third-order valence-corrected chi connectivity index (χ3v) is 5.17. The summed E-state index contributed by atoms with van der Waals surface area (Å²) >= 11 is 1.52. The Morgan fingerprint density at radius 2 is 2.12 bits per heavy atom. The van der Waals surface area contributed by atoms with E-state index >= 15 is 0 Å². The fourth-order valence-corrected chi connectivity index (χ4v) is 3.70. The molecule has 0 fully saturated rings. The molecule has 2 aromatic heterocycles. The first-order valence-corrected chi connectivity index (χ1v) is 8.58. The molecule has 6 heteroatoms. The van der Waals surface area contributed by atoms with E-state index in [2.05, 4.69) is 16.7 Å². The molecule has 124 valence electrons. The summed E-state index contributed by atoms with van der Waals surface area (Å²) in [5.74, 6) is 0.00755. The zero-order valence-electron chi connectivity index (χ0n) is 14.1. The van der Waals surface area contributed by atoms with Crippen molar-refractivity contribution in [1.29, 1.82) is 0 Å². The Bertz CT molecular complexity index is 876. The van der Waals surface area contributed by atoms with Crippen molar-refractivity contribution in [2.75, 3.05) is 11.4 Å². The van der Waals surface area contributed by atoms with Gasteiger partial charge in [0.05, 0.1) is 22.3 Å². The quantitative estimate of drug-likeness (QED) is 0.669. The molecule has 2 heterocycles. The van der Waals surface area contributed by atoms with Crippen molar-refractivity contribution >= 4 is 32.6 Å². The predicted molar refractivity (Wildman–Crippen MR) is 98.6 cm³/mol. The zero-order chi connectivity index (χ0) is 17.3. The Morgan fingerprint density at radius 1 is 1.38 bits per heavy atom. The van der Waals surface area contributed by atoms with E-state index in [1.807, 2.05) is 49.8 Å². The van der Waals surface area contributed by atoms with Crippen molar-refractivity contribution in [3.05, 3.63) is 53.9 Å². The smallest absolute Gasteiger partial charge is 0.233 e. The predicted octanol–water partition coefficient (Wildman–Crippen LogP) is 3.41. The fraction of sp³-hybridized carbons (Fsp3) is 0.278. The number of nitrogens with zero attached hydrogens (tertiary/aromatic N) is 4. The van der Waals surface area contributed by atoms with Crippen molar-refractivity contribution in [3.63, 3.8) is 0 Å². The molecule has 24 heavy (non-hydrogen) atoms. The first-order valence-electron chi connectivity index (χ1n) is 7.77. The van der Waals surface area contributed by atoms with Crippen LogP contribution in [0.25, 0.3) is 10.2 Å². The summed E-state index contributed by atoms with van der Waals surface area (Å²) in [6.45, 7) is 8.14. The van der Waals surface area contributed by atoms with Gasteiger partial charge in [0.15, 0.2) is 5.13 Å². The number of benzene rings is 1. The minimum atomic E-state index is 0.00755. The van der Waals surface area contributed by atoms with E-state index < -0.39 is 0 Å². The Balaban J connectivity index is 1.92. The van der Waals surface area contributed by atoms with E-state index in [1.165, 1.54) is 11.3 Å². The van der Waals surface area contributed by atoms with Gasteiger partial charge in [-0.1, -0.05) is 29.5 Å². The van der Waals surface area contributed by atoms with Gasteiger partial charge in [0.1, 0.15) is 0 Å². The van der Waals surface area contributed by atoms with Crippen LogP contribution in [0.2, 0.25) is 0 Å². The normalized spacial score (nSPS) is 11.0. The molecule has 0 saturated heterocycles. The molecule has 0 atom stereocenters. The highest BCUT2D eigenvalue weighted by Gasteiger charge is 2.21. The number of para-hydroxylation sites is 1. The number of aryl methyl sites for hydroxylation is 2. The van der Waals surface area contributed by atoms with Crippen LogP contribution < -0.4 is 4.90 Å². The lowest BCUT2D eigenvalue weighted by molar-refractivity contribution is -0.117. The number of hydrogen-bond acceptors (Lipinski definition) is 4. The molecule has 0 N–H and O–H groups in total. The second-order valence-corrected chi connectivity index (χ2v) is 6.72. The maximum Gasteiger partial charge on any atom is 0.233 e. The van der Waals surface area contributed by atoms with Crippen LogP contribution in [0, 0.1) is 13.8 Å². The number of fused-ring (bicyclic) bond motifs is 1. The molecule has 1 aromatic carbocycles. The molecule has 0 bridgehead atoms. The molecule has 3 rings (SSSR count). The van der Waals surface area contributed by atoms with Crippen LogP contribution in [0.15, 0.2) is 36.9 Å². The Kier molecular flexibility index (Phi) is 4.49. The number of hydrogen-bond donors (Lipinski definition) is 0. The van der Waals surface area contributed by atoms with Crippen LogP contribution >= 0.6 is 11.3 Å². The van der Waals surface area contributed by atoms with Crippen LogP contribution in [-0.2, 0) is 18.3 Å². The first kappa shape index (κ1) is 16.4. The van der Waals surface area contributed by atoms with Crippen LogP contribution in [0.1, 0.15) is 17.0 Å². The second kappa shape index (κ2) is 6.57. The van der Waals surface area contributed by atoms with Gasteiger partial charge in [-0.25, -0.2) is 4.98 Å². The monoisotopic (exact) mass is 340 g/mol. The largest absolute Gasteiger partial charge is 0.284 e. The molecule has 0 aliphatic carbocycles. The Hall–Kier alpha value is -2.47. The summed E-state index contributed by atoms with van der Waals surface area (Å²) in [6.07, 6.45) is 2.04. The Morgan fingerprint density at radius 3 is 2.75 bits per heavy atom. The standard InChI is InChI=1S/C18H20N4OS/c1-5-10-22(18-19-15-8-6-7-9-16(15)24-18)17(23)11-14-12(2)20-21(4)13(14)3/h5-9H,1,10-11H2,2-4H3. The number of carbonyl (C=O) groups excluding carboxylic acids is 1. The highest BCUT2D eigenvalue weighted by atomic mass is 32.1. The Labute approximate surface area is 145 Å². The summed E-state index contributed by atoms with van der Waals surface area (Å²) in [5, 5.41) is 5.10. The number of amides is 1. The van der Waals surface area contributed by atoms with E-state index in [0.717, 1.165) is 27.2 Å². The fourth-order valence-electron chi connectivity index (χ4n) is 2.71. The number of rotatable bonds is 5. The van der Waals surface area contributed by atoms with E-state index in [4.69, 9.17) is 0 Å². The van der Waals surface area contributed by atoms with Crippen molar-refractivity contribution in [1.82, 2.24) is 14.8 Å². The molecule has 0 saturated carbocycles. The number of carbonyl (C=O) groups is 1. The van der Waals surface area contributed by atoms with Gasteiger partial charge in [0.25, 0.3) is 0 Å². The van der Waals surface area contributed by atoms with Crippen molar-refractivity contribution in [2.45, 2.75) is 20.3 Å². The summed E-state index contributed by atoms with van der Waals surface area (Å²) in [5.41, 5.74) is 3.81. The molecular weight excluding hydrogens is 320 g/mol. The van der Waals surface area contributed by atoms with Crippen LogP contribution in [-0.4, -0.2) is 27.2 Å². The zero-order valence-corrected chi connectivity index (χ0v) is 14.9. The molecule has 0 unspecified atom stereocenters. The third kappa shape index (κ3) is 2.97. The lowest BCUT2D eigenvalue weighted by Gasteiger charge is -2.18. The first-order chi connectivity index (χ1) is 11.5. The van der Waals surface area contributed by atoms with Crippen LogP contribution in [0.4, 0.5) is 5.13 Å². The van der Waals surface area contributed by atoms with Crippen molar-refractivity contribution < 1.29 is 4.79 Å². The van der Waals surface area contributed by atoms with E-state index in [1.54, 1.807) is 11.0 Å². The van der Waals surface area contributed by atoms with Gasteiger partial charge >= 0.3 is 0 Å². The maximum atomic E-state index is 12.9. The van der Waals surface area contributed by atoms with Gasteiger partial charge in [-0.15, -0.1) is 6.58 Å². The van der Waals surface area contributed by atoms with Gasteiger partial charge in [0, 0.05) is 24.8 Å². The van der Waals surface area contributed by atoms with Crippen LogP contribution in [0.5, 0.6) is 0 Å². The van der Waals surface area contributed by atoms with Gasteiger partial charge in [-0.05, 0) is 26.0 Å². The molecule has 0 spiro atoms. The highest BCUT2D eigenvalue weighted by Crippen LogP contribution is 2.29. The molecular formula is C18H20N4OS. The van der Waals surface area contributed by atoms with Gasteiger partial charge in [-0.3, -0.25) is 14.4 Å². The summed E-state index contributed by atoms with van der Waals surface area (Å²) < 4.78 is 2.89. The third-order valence-electron chi connectivity index (χ3n) is 4.11. The highest BCUT2D eigenvalue weighted by molar-refractivity contribution is 7.22. The minimum absolute atomic E-state index is 0.00755. The number of anilines is 1. The minimum Gasteiger partial charge on any atom is -0.284 e. The maximum absolute atomic E-state index is 12.9. The van der Waals surface area contributed by atoms with Gasteiger partial charge in [0.2, 0.25) is 5.91 Å². The summed E-state index contributed by atoms with van der Waals surface area (Å²) in [7, 11) is 1.89. The lowest BCUT2D eigenvalue weighted by atomic mass is 10.1. The molecule has 0 aliphatic heterocycles. The number of thiazole rings is 1. The molecule has 5 nitrogen and oxygen atoms in total. The van der Waals surface area contributed by atoms with Gasteiger partial charge < -0.3 is 0 Å². The summed E-state index contributed by atoms with van der Waals surface area (Å²) in [4.78, 5) is 19.2. The van der Waals surface area contributed by atoms with E-state index in [0.29, 0.717) is 18.1 Å². The van der Waals surface area contributed by atoms with Crippen molar-refractivity contribution in [2.24, 2.45) is 7.05 Å². The topological polar surface area (TPSA) is 51.0 Å². The van der Waals surface area contributed by atoms with Crippen LogP contribution in [0.3, 0.4) is 0 Å². The average molecular weight is 340 g/mol. The van der Waals surface area contributed by atoms with E-state index in [-0.39, 0.29) is 5.91 Å². The van der Waals surface area contributed by atoms with Gasteiger partial charge in [-0.2, -0.15) is 5.10 Å². The van der Waals surface area contributed by atoms with E-state index in [9.17, 15) is 4.79 Å². The molecule has 1 amide bonds. The lowest BCUT2D eigenvalue weighted by Crippen LogP contribution is -2.32. The SMILES string of the molecule is C=CCN(C(=O)Cc1c(C)nn(C)c1C)c1nc2ccccc2s1. The number of aromatic nitrogens is 3. The average Bonchev–Trinajstić information content (AvgIpc) is 3.08. The summed E-state index contributed by atoms with van der Waals surface area (Å²) in [6, 6.07) is 7.91. The molecule has 0 aliphatic rings. The van der Waals surface area contributed by atoms with Crippen molar-refractivity contribution in [3.8, 4) is 0 Å². The second-order valence-electron chi connectivity index (χ2n) is 5.71.